The van der Waals surface area contributed by atoms with Crippen LogP contribution in [-0.4, -0.2) is 43.8 Å². The summed E-state index contributed by atoms with van der Waals surface area (Å²) in [5, 5.41) is 2.93. The molecule has 1 aromatic rings. The Morgan fingerprint density at radius 1 is 1.40 bits per heavy atom. The van der Waals surface area contributed by atoms with Crippen LogP contribution in [0.5, 0.6) is 0 Å². The van der Waals surface area contributed by atoms with Gasteiger partial charge in [-0.05, 0) is 44.7 Å². The van der Waals surface area contributed by atoms with Gasteiger partial charge in [-0.1, -0.05) is 13.8 Å². The first-order valence-electron chi connectivity index (χ1n) is 8.85. The Hall–Kier alpha value is -0.960. The number of nitrogens with one attached hydrogen (secondary N) is 1. The predicted molar refractivity (Wildman–Crippen MR) is 101 cm³/mol. The van der Waals surface area contributed by atoms with Crippen molar-refractivity contribution in [2.45, 2.75) is 56.2 Å². The predicted octanol–water partition coefficient (Wildman–Crippen LogP) is 2.09. The van der Waals surface area contributed by atoms with Crippen molar-refractivity contribution in [3.05, 3.63) is 17.0 Å². The van der Waals surface area contributed by atoms with Crippen molar-refractivity contribution in [2.75, 3.05) is 19.6 Å². The van der Waals surface area contributed by atoms with Gasteiger partial charge in [0.25, 0.3) is 10.0 Å². The number of sulfonamides is 1. The van der Waals surface area contributed by atoms with Crippen LogP contribution in [0.25, 0.3) is 0 Å². The fourth-order valence-corrected chi connectivity index (χ4v) is 5.92. The van der Waals surface area contributed by atoms with Crippen LogP contribution >= 0.6 is 11.3 Å². The van der Waals surface area contributed by atoms with Crippen LogP contribution in [0.4, 0.5) is 0 Å². The highest BCUT2D eigenvalue weighted by atomic mass is 32.2. The van der Waals surface area contributed by atoms with Crippen molar-refractivity contribution >= 4 is 27.3 Å². The summed E-state index contributed by atoms with van der Waals surface area (Å²) in [6.45, 7) is 7.03. The lowest BCUT2D eigenvalue weighted by Crippen LogP contribution is -2.52. The Morgan fingerprint density at radius 3 is 2.64 bits per heavy atom. The number of hydrogen-bond donors (Lipinski definition) is 2. The van der Waals surface area contributed by atoms with Crippen LogP contribution in [0.2, 0.25) is 0 Å². The summed E-state index contributed by atoms with van der Waals surface area (Å²) in [7, 11) is -3.51. The third kappa shape index (κ3) is 4.81. The minimum Gasteiger partial charge on any atom is -0.354 e. The zero-order chi connectivity index (χ0) is 18.7. The quantitative estimate of drug-likeness (QED) is 0.749. The third-order valence-corrected chi connectivity index (χ3v) is 8.42. The summed E-state index contributed by atoms with van der Waals surface area (Å²) in [6.07, 6.45) is 2.97. The number of hydrogen-bond acceptors (Lipinski definition) is 5. The standard InChI is InChI=1S/C17H29N3O3S2/c1-4-17(18,5-2)12-19-16(21)14-7-6-10-20(11-14)25(22,23)15-9-8-13(3)24-15/h8-9,14H,4-7,10-12,18H2,1-3H3,(H,19,21). The molecule has 1 fully saturated rings. The topological polar surface area (TPSA) is 92.5 Å². The van der Waals surface area contributed by atoms with E-state index in [0.717, 1.165) is 17.7 Å². The number of rotatable bonds is 7. The summed E-state index contributed by atoms with van der Waals surface area (Å²) < 4.78 is 27.3. The van der Waals surface area contributed by atoms with Crippen molar-refractivity contribution in [3.63, 3.8) is 0 Å². The molecule has 0 radical (unpaired) electrons. The summed E-state index contributed by atoms with van der Waals surface area (Å²) in [4.78, 5) is 13.5. The molecule has 3 N–H and O–H groups in total. The van der Waals surface area contributed by atoms with Gasteiger partial charge in [-0.15, -0.1) is 11.3 Å². The van der Waals surface area contributed by atoms with E-state index in [0.29, 0.717) is 30.1 Å². The molecule has 25 heavy (non-hydrogen) atoms. The highest BCUT2D eigenvalue weighted by Gasteiger charge is 2.34. The molecule has 0 spiro atoms. The Balaban J connectivity index is 2.02. The van der Waals surface area contributed by atoms with Gasteiger partial charge in [0.1, 0.15) is 4.21 Å². The van der Waals surface area contributed by atoms with Gasteiger partial charge in [0.05, 0.1) is 5.92 Å². The number of amides is 1. The second kappa shape index (κ2) is 8.16. The first kappa shape index (κ1) is 20.4. The zero-order valence-corrected chi connectivity index (χ0v) is 16.9. The molecule has 2 heterocycles. The number of nitrogens with two attached hydrogens (primary N) is 1. The maximum absolute atomic E-state index is 12.8. The zero-order valence-electron chi connectivity index (χ0n) is 15.2. The van der Waals surface area contributed by atoms with Crippen molar-refractivity contribution in [1.29, 1.82) is 0 Å². The first-order valence-corrected chi connectivity index (χ1v) is 11.1. The second-order valence-electron chi connectivity index (χ2n) is 6.85. The van der Waals surface area contributed by atoms with Crippen molar-refractivity contribution in [2.24, 2.45) is 11.7 Å². The fourth-order valence-electron chi connectivity index (χ4n) is 2.96. The molecule has 1 aromatic heterocycles. The number of carbonyl (C=O) groups is 1. The molecular weight excluding hydrogens is 358 g/mol. The van der Waals surface area contributed by atoms with Gasteiger partial charge in [-0.2, -0.15) is 4.31 Å². The average molecular weight is 388 g/mol. The lowest BCUT2D eigenvalue weighted by atomic mass is 9.93. The minimum absolute atomic E-state index is 0.0982. The normalized spacial score (nSPS) is 19.8. The molecule has 1 amide bonds. The molecule has 6 nitrogen and oxygen atoms in total. The molecule has 1 aliphatic rings. The van der Waals surface area contributed by atoms with E-state index in [-0.39, 0.29) is 18.4 Å². The summed E-state index contributed by atoms with van der Waals surface area (Å²) in [6, 6.07) is 3.45. The van der Waals surface area contributed by atoms with E-state index in [4.69, 9.17) is 5.73 Å². The molecule has 0 aliphatic carbocycles. The highest BCUT2D eigenvalue weighted by molar-refractivity contribution is 7.91. The van der Waals surface area contributed by atoms with E-state index in [1.807, 2.05) is 26.8 Å². The van der Waals surface area contributed by atoms with Crippen LogP contribution < -0.4 is 11.1 Å². The molecule has 8 heteroatoms. The highest BCUT2D eigenvalue weighted by Crippen LogP contribution is 2.28. The number of aryl methyl sites for hydroxylation is 1. The molecule has 142 valence electrons. The SMILES string of the molecule is CCC(N)(CC)CNC(=O)C1CCCN(S(=O)(=O)c2ccc(C)s2)C1. The van der Waals surface area contributed by atoms with Crippen LogP contribution in [0, 0.1) is 12.8 Å². The summed E-state index contributed by atoms with van der Waals surface area (Å²) in [5.41, 5.74) is 5.83. The monoisotopic (exact) mass is 387 g/mol. The van der Waals surface area contributed by atoms with Crippen molar-refractivity contribution < 1.29 is 13.2 Å². The first-order chi connectivity index (χ1) is 11.7. The smallest absolute Gasteiger partial charge is 0.252 e. The maximum atomic E-state index is 12.8. The number of nitrogens with zero attached hydrogens (tertiary/aromatic N) is 1. The lowest BCUT2D eigenvalue weighted by Gasteiger charge is -2.32. The number of thiophene rings is 1. The molecule has 0 saturated carbocycles. The molecule has 0 aromatic carbocycles. The van der Waals surface area contributed by atoms with Gasteiger partial charge < -0.3 is 11.1 Å². The van der Waals surface area contributed by atoms with Crippen LogP contribution in [0.1, 0.15) is 44.4 Å². The minimum atomic E-state index is -3.51. The van der Waals surface area contributed by atoms with E-state index < -0.39 is 15.6 Å². The molecule has 0 bridgehead atoms. The molecular formula is C17H29N3O3S2. The van der Waals surface area contributed by atoms with Gasteiger partial charge >= 0.3 is 0 Å². The summed E-state index contributed by atoms with van der Waals surface area (Å²) >= 11 is 1.27. The molecule has 1 atom stereocenters. The van der Waals surface area contributed by atoms with E-state index in [9.17, 15) is 13.2 Å². The van der Waals surface area contributed by atoms with Gasteiger partial charge in [-0.3, -0.25) is 4.79 Å². The largest absolute Gasteiger partial charge is 0.354 e. The second-order valence-corrected chi connectivity index (χ2v) is 10.3. The van der Waals surface area contributed by atoms with E-state index in [1.165, 1.54) is 15.6 Å². The van der Waals surface area contributed by atoms with E-state index in [2.05, 4.69) is 5.32 Å². The van der Waals surface area contributed by atoms with Gasteiger partial charge in [-0.25, -0.2) is 8.42 Å². The molecule has 1 aliphatic heterocycles. The van der Waals surface area contributed by atoms with Crippen molar-refractivity contribution in [3.8, 4) is 0 Å². The van der Waals surface area contributed by atoms with E-state index >= 15 is 0 Å². The van der Waals surface area contributed by atoms with Crippen molar-refractivity contribution in [1.82, 2.24) is 9.62 Å². The number of piperidine rings is 1. The lowest BCUT2D eigenvalue weighted by molar-refractivity contribution is -0.126. The Labute approximate surface area is 154 Å². The number of carbonyl (C=O) groups excluding carboxylic acids is 1. The Bertz CT molecular complexity index is 696. The molecule has 1 unspecified atom stereocenters. The van der Waals surface area contributed by atoms with E-state index in [1.54, 1.807) is 6.07 Å². The Kier molecular flexibility index (Phi) is 6.64. The van der Waals surface area contributed by atoms with Crippen LogP contribution in [0.15, 0.2) is 16.3 Å². The fraction of sp³-hybridized carbons (Fsp3) is 0.706. The molecule has 2 rings (SSSR count). The van der Waals surface area contributed by atoms with Gasteiger partial charge in [0.2, 0.25) is 5.91 Å². The summed E-state index contributed by atoms with van der Waals surface area (Å²) in [5.74, 6) is -0.415. The van der Waals surface area contributed by atoms with Gasteiger partial charge in [0, 0.05) is 30.1 Å². The maximum Gasteiger partial charge on any atom is 0.252 e. The average Bonchev–Trinajstić information content (AvgIpc) is 3.06. The van der Waals surface area contributed by atoms with Crippen LogP contribution in [-0.2, 0) is 14.8 Å². The molecule has 1 saturated heterocycles. The van der Waals surface area contributed by atoms with Crippen LogP contribution in [0.3, 0.4) is 0 Å². The third-order valence-electron chi connectivity index (χ3n) is 5.09. The van der Waals surface area contributed by atoms with Gasteiger partial charge in [0.15, 0.2) is 0 Å². The Morgan fingerprint density at radius 2 is 2.08 bits per heavy atom.